The number of carboxylic acid groups (broad SMARTS) is 1. The van der Waals surface area contributed by atoms with E-state index in [1.165, 1.54) is 12.5 Å². The highest BCUT2D eigenvalue weighted by molar-refractivity contribution is 5.92. The van der Waals surface area contributed by atoms with E-state index in [2.05, 4.69) is 9.97 Å². The van der Waals surface area contributed by atoms with Crippen molar-refractivity contribution in [2.75, 3.05) is 0 Å². The van der Waals surface area contributed by atoms with E-state index in [0.29, 0.717) is 11.3 Å². The van der Waals surface area contributed by atoms with Crippen molar-refractivity contribution in [3.05, 3.63) is 36.0 Å². The molecular formula is C10H8N2O3. The molecule has 5 heteroatoms. The molecule has 0 atom stereocenters. The summed E-state index contributed by atoms with van der Waals surface area (Å²) in [5, 5.41) is 8.96. The summed E-state index contributed by atoms with van der Waals surface area (Å²) in [5.41, 5.74) is 0.984. The van der Waals surface area contributed by atoms with Gasteiger partial charge in [-0.3, -0.25) is 0 Å². The van der Waals surface area contributed by atoms with Gasteiger partial charge in [0.1, 0.15) is 6.26 Å². The molecule has 0 unspecified atom stereocenters. The molecule has 0 saturated carbocycles. The first-order chi connectivity index (χ1) is 7.18. The number of hydrogen-bond acceptors (Lipinski definition) is 4. The van der Waals surface area contributed by atoms with Crippen LogP contribution >= 0.6 is 0 Å². The third-order valence-electron chi connectivity index (χ3n) is 1.90. The van der Waals surface area contributed by atoms with Crippen LogP contribution in [0.4, 0.5) is 0 Å². The Bertz CT molecular complexity index is 491. The highest BCUT2D eigenvalue weighted by Crippen LogP contribution is 2.20. The molecule has 2 aromatic heterocycles. The first kappa shape index (κ1) is 9.39. The first-order valence-corrected chi connectivity index (χ1v) is 4.29. The number of pyridine rings is 1. The summed E-state index contributed by atoms with van der Waals surface area (Å²) in [7, 11) is 0. The number of rotatable bonds is 2. The molecule has 0 saturated heterocycles. The first-order valence-electron chi connectivity index (χ1n) is 4.29. The van der Waals surface area contributed by atoms with Gasteiger partial charge in [-0.05, 0) is 19.1 Å². The van der Waals surface area contributed by atoms with Crippen molar-refractivity contribution < 1.29 is 14.3 Å². The van der Waals surface area contributed by atoms with Gasteiger partial charge in [-0.1, -0.05) is 0 Å². The van der Waals surface area contributed by atoms with E-state index in [0.717, 1.165) is 0 Å². The molecule has 0 aliphatic rings. The highest BCUT2D eigenvalue weighted by atomic mass is 16.4. The van der Waals surface area contributed by atoms with Gasteiger partial charge >= 0.3 is 5.97 Å². The van der Waals surface area contributed by atoms with Gasteiger partial charge < -0.3 is 9.52 Å². The number of hydrogen-bond donors (Lipinski definition) is 1. The average molecular weight is 204 g/mol. The zero-order chi connectivity index (χ0) is 10.8. The van der Waals surface area contributed by atoms with Crippen LogP contribution in [0.3, 0.4) is 0 Å². The van der Waals surface area contributed by atoms with Gasteiger partial charge in [0.05, 0.1) is 11.8 Å². The largest absolute Gasteiger partial charge is 0.476 e. The Labute approximate surface area is 85.4 Å². The predicted molar refractivity (Wildman–Crippen MR) is 51.4 cm³/mol. The molecular weight excluding hydrogens is 196 g/mol. The molecule has 15 heavy (non-hydrogen) atoms. The van der Waals surface area contributed by atoms with Crippen molar-refractivity contribution in [2.45, 2.75) is 6.92 Å². The number of carbonyl (C=O) groups is 1. The summed E-state index contributed by atoms with van der Waals surface area (Å²) in [6, 6.07) is 3.35. The van der Waals surface area contributed by atoms with Gasteiger partial charge in [0.2, 0.25) is 5.89 Å². The van der Waals surface area contributed by atoms with Crippen LogP contribution in [-0.4, -0.2) is 21.0 Å². The fourth-order valence-electron chi connectivity index (χ4n) is 1.25. The van der Waals surface area contributed by atoms with Crippen LogP contribution < -0.4 is 0 Å². The summed E-state index contributed by atoms with van der Waals surface area (Å²) < 4.78 is 5.04. The number of aromatic carboxylic acids is 1. The number of nitrogens with zero attached hydrogens (tertiary/aromatic N) is 2. The zero-order valence-electron chi connectivity index (χ0n) is 7.97. The molecule has 1 N–H and O–H groups in total. The van der Waals surface area contributed by atoms with E-state index in [-0.39, 0.29) is 11.6 Å². The second kappa shape index (κ2) is 3.53. The molecule has 0 bridgehead atoms. The van der Waals surface area contributed by atoms with Crippen LogP contribution in [-0.2, 0) is 0 Å². The van der Waals surface area contributed by atoms with E-state index < -0.39 is 5.97 Å². The lowest BCUT2D eigenvalue weighted by Crippen LogP contribution is -2.04. The molecule has 5 nitrogen and oxygen atoms in total. The van der Waals surface area contributed by atoms with Crippen LogP contribution in [0.25, 0.3) is 11.5 Å². The minimum atomic E-state index is -1.09. The SMILES string of the molecule is Cc1ccc(-c2ncco2)c(C(=O)O)n1. The van der Waals surface area contributed by atoms with E-state index in [1.807, 2.05) is 0 Å². The maximum atomic E-state index is 10.9. The Kier molecular flexibility index (Phi) is 2.21. The summed E-state index contributed by atoms with van der Waals surface area (Å²) in [6.45, 7) is 1.73. The molecule has 0 spiro atoms. The third kappa shape index (κ3) is 1.71. The van der Waals surface area contributed by atoms with E-state index in [9.17, 15) is 4.79 Å². The Morgan fingerprint density at radius 3 is 2.87 bits per heavy atom. The topological polar surface area (TPSA) is 76.2 Å². The molecule has 0 aliphatic heterocycles. The van der Waals surface area contributed by atoms with Crippen molar-refractivity contribution in [1.29, 1.82) is 0 Å². The molecule has 2 aromatic rings. The van der Waals surface area contributed by atoms with Crippen LogP contribution in [0.5, 0.6) is 0 Å². The standard InChI is InChI=1S/C10H8N2O3/c1-6-2-3-7(8(12-6)10(13)14)9-11-4-5-15-9/h2-5H,1H3,(H,13,14). The van der Waals surface area contributed by atoms with Crippen molar-refractivity contribution in [3.8, 4) is 11.5 Å². The van der Waals surface area contributed by atoms with Crippen molar-refractivity contribution >= 4 is 5.97 Å². The maximum absolute atomic E-state index is 10.9. The quantitative estimate of drug-likeness (QED) is 0.806. The van der Waals surface area contributed by atoms with E-state index >= 15 is 0 Å². The smallest absolute Gasteiger partial charge is 0.355 e. The molecule has 0 aliphatic carbocycles. The van der Waals surface area contributed by atoms with Crippen LogP contribution in [0.1, 0.15) is 16.2 Å². The molecule has 76 valence electrons. The lowest BCUT2D eigenvalue weighted by molar-refractivity contribution is 0.0691. The second-order valence-electron chi connectivity index (χ2n) is 2.99. The minimum absolute atomic E-state index is 0.0440. The lowest BCUT2D eigenvalue weighted by atomic mass is 10.1. The summed E-state index contributed by atoms with van der Waals surface area (Å²) in [4.78, 5) is 18.8. The van der Waals surface area contributed by atoms with Crippen molar-refractivity contribution in [3.63, 3.8) is 0 Å². The Morgan fingerprint density at radius 1 is 1.47 bits per heavy atom. The van der Waals surface area contributed by atoms with Gasteiger partial charge in [-0.25, -0.2) is 14.8 Å². The number of aromatic nitrogens is 2. The number of oxazole rings is 1. The van der Waals surface area contributed by atoms with Crippen molar-refractivity contribution in [1.82, 2.24) is 9.97 Å². The normalized spacial score (nSPS) is 10.2. The summed E-state index contributed by atoms with van der Waals surface area (Å²) >= 11 is 0. The number of carboxylic acids is 1. The van der Waals surface area contributed by atoms with Gasteiger partial charge in [-0.2, -0.15) is 0 Å². The Hall–Kier alpha value is -2.17. The monoisotopic (exact) mass is 204 g/mol. The summed E-state index contributed by atoms with van der Waals surface area (Å²) in [5.74, 6) is -0.827. The maximum Gasteiger partial charge on any atom is 0.355 e. The Morgan fingerprint density at radius 2 is 2.27 bits per heavy atom. The Balaban J connectivity index is 2.61. The predicted octanol–water partition coefficient (Wildman–Crippen LogP) is 1.74. The minimum Gasteiger partial charge on any atom is -0.476 e. The number of aryl methyl sites for hydroxylation is 1. The van der Waals surface area contributed by atoms with Gasteiger partial charge in [-0.15, -0.1) is 0 Å². The molecule has 0 fully saturated rings. The van der Waals surface area contributed by atoms with E-state index in [1.54, 1.807) is 19.1 Å². The molecule has 0 radical (unpaired) electrons. The van der Waals surface area contributed by atoms with Crippen molar-refractivity contribution in [2.24, 2.45) is 0 Å². The fourth-order valence-corrected chi connectivity index (χ4v) is 1.25. The molecule has 2 heterocycles. The fraction of sp³-hybridized carbons (Fsp3) is 0.100. The van der Waals surface area contributed by atoms with Crippen LogP contribution in [0.2, 0.25) is 0 Å². The van der Waals surface area contributed by atoms with Gasteiger partial charge in [0, 0.05) is 5.69 Å². The third-order valence-corrected chi connectivity index (χ3v) is 1.90. The highest BCUT2D eigenvalue weighted by Gasteiger charge is 2.16. The molecule has 0 aromatic carbocycles. The zero-order valence-corrected chi connectivity index (χ0v) is 7.97. The van der Waals surface area contributed by atoms with Gasteiger partial charge in [0.15, 0.2) is 5.69 Å². The average Bonchev–Trinajstić information content (AvgIpc) is 2.70. The summed E-state index contributed by atoms with van der Waals surface area (Å²) in [6.07, 6.45) is 2.85. The van der Waals surface area contributed by atoms with Crippen LogP contribution in [0.15, 0.2) is 29.0 Å². The molecule has 0 amide bonds. The van der Waals surface area contributed by atoms with Gasteiger partial charge in [0.25, 0.3) is 0 Å². The molecule has 2 rings (SSSR count). The van der Waals surface area contributed by atoms with Crippen LogP contribution in [0, 0.1) is 6.92 Å². The second-order valence-corrected chi connectivity index (χ2v) is 2.99. The lowest BCUT2D eigenvalue weighted by Gasteiger charge is -2.01. The van der Waals surface area contributed by atoms with E-state index in [4.69, 9.17) is 9.52 Å².